The molecular weight excluding hydrogens is 296 g/mol. The summed E-state index contributed by atoms with van der Waals surface area (Å²) in [5.41, 5.74) is 1.02. The molecule has 0 spiro atoms. The van der Waals surface area contributed by atoms with Crippen molar-refractivity contribution in [2.24, 2.45) is 23.2 Å². The second kappa shape index (κ2) is 5.95. The fourth-order valence-corrected chi connectivity index (χ4v) is 3.90. The van der Waals surface area contributed by atoms with E-state index in [-0.39, 0.29) is 36.4 Å². The molecule has 1 fully saturated rings. The Labute approximate surface area is 136 Å². The fraction of sp³-hybridized carbons (Fsp3) is 0.611. The van der Waals surface area contributed by atoms with Gasteiger partial charge in [-0.15, -0.1) is 0 Å². The summed E-state index contributed by atoms with van der Waals surface area (Å²) < 4.78 is 9.72. The molecule has 2 aliphatic rings. The molecule has 0 aliphatic heterocycles. The summed E-state index contributed by atoms with van der Waals surface area (Å²) in [7, 11) is 2.52. The predicted molar refractivity (Wildman–Crippen MR) is 84.4 cm³/mol. The summed E-state index contributed by atoms with van der Waals surface area (Å²) in [5, 5.41) is 0. The third-order valence-corrected chi connectivity index (χ3v) is 5.34. The smallest absolute Gasteiger partial charge is 0.323 e. The lowest BCUT2D eigenvalue weighted by molar-refractivity contribution is -0.169. The molecule has 5 heteroatoms. The number of hydrogen-bond acceptors (Lipinski definition) is 5. The van der Waals surface area contributed by atoms with E-state index in [0.717, 1.165) is 11.1 Å². The maximum atomic E-state index is 12.6. The summed E-state index contributed by atoms with van der Waals surface area (Å²) >= 11 is 0. The first-order valence-electron chi connectivity index (χ1n) is 7.80. The number of ether oxygens (including phenoxy) is 2. The zero-order valence-electron chi connectivity index (χ0n) is 14.4. The molecule has 0 saturated heterocycles. The monoisotopic (exact) mass is 320 g/mol. The molecule has 5 nitrogen and oxygen atoms in total. The first-order valence-corrected chi connectivity index (χ1v) is 7.80. The van der Waals surface area contributed by atoms with E-state index in [1.54, 1.807) is 6.92 Å². The minimum atomic E-state index is -1.35. The Morgan fingerprint density at radius 2 is 1.74 bits per heavy atom. The van der Waals surface area contributed by atoms with Crippen molar-refractivity contribution in [3.05, 3.63) is 23.3 Å². The van der Waals surface area contributed by atoms with Crippen molar-refractivity contribution in [3.8, 4) is 0 Å². The Bertz CT molecular complexity index is 595. The molecule has 0 heterocycles. The maximum absolute atomic E-state index is 12.6. The lowest BCUT2D eigenvalue weighted by Crippen LogP contribution is -2.40. The Balaban J connectivity index is 2.48. The van der Waals surface area contributed by atoms with Crippen molar-refractivity contribution in [3.63, 3.8) is 0 Å². The van der Waals surface area contributed by atoms with Gasteiger partial charge in [-0.3, -0.25) is 14.4 Å². The van der Waals surface area contributed by atoms with E-state index in [4.69, 9.17) is 9.47 Å². The topological polar surface area (TPSA) is 69.7 Å². The van der Waals surface area contributed by atoms with Gasteiger partial charge in [-0.05, 0) is 37.2 Å². The average molecular weight is 320 g/mol. The van der Waals surface area contributed by atoms with Gasteiger partial charge in [0.1, 0.15) is 0 Å². The second-order valence-corrected chi connectivity index (χ2v) is 6.77. The van der Waals surface area contributed by atoms with E-state index >= 15 is 0 Å². The van der Waals surface area contributed by atoms with Crippen LogP contribution in [-0.4, -0.2) is 31.9 Å². The molecule has 2 aliphatic carbocycles. The van der Waals surface area contributed by atoms with Crippen LogP contribution in [-0.2, 0) is 23.9 Å². The molecule has 0 amide bonds. The van der Waals surface area contributed by atoms with Gasteiger partial charge in [0.25, 0.3) is 0 Å². The van der Waals surface area contributed by atoms with Crippen molar-refractivity contribution < 1.29 is 23.9 Å². The van der Waals surface area contributed by atoms with E-state index in [2.05, 4.69) is 6.58 Å². The van der Waals surface area contributed by atoms with Crippen LogP contribution in [0.3, 0.4) is 0 Å². The maximum Gasteiger partial charge on any atom is 0.323 e. The minimum Gasteiger partial charge on any atom is -0.468 e. The number of methoxy groups -OCH3 is 2. The molecule has 2 atom stereocenters. The zero-order chi connectivity index (χ0) is 17.5. The van der Waals surface area contributed by atoms with Crippen LogP contribution in [0.15, 0.2) is 23.3 Å². The highest BCUT2D eigenvalue weighted by Gasteiger charge is 2.60. The number of carbonyl (C=O) groups excluding carboxylic acids is 3. The molecule has 0 bridgehead atoms. The summed E-state index contributed by atoms with van der Waals surface area (Å²) in [4.78, 5) is 37.2. The lowest BCUT2D eigenvalue weighted by atomic mass is 9.77. The summed E-state index contributed by atoms with van der Waals surface area (Å²) in [5.74, 6) is -1.51. The third-order valence-electron chi connectivity index (χ3n) is 5.34. The number of hydrogen-bond donors (Lipinski definition) is 0. The van der Waals surface area contributed by atoms with Crippen LogP contribution in [0, 0.1) is 23.2 Å². The quantitative estimate of drug-likeness (QED) is 0.452. The molecule has 0 N–H and O–H groups in total. The molecule has 1 saturated carbocycles. The highest BCUT2D eigenvalue weighted by molar-refractivity contribution is 6.06. The van der Waals surface area contributed by atoms with Crippen molar-refractivity contribution in [2.75, 3.05) is 14.2 Å². The molecule has 0 aromatic carbocycles. The Kier molecular flexibility index (Phi) is 4.51. The minimum absolute atomic E-state index is 0.0621. The first-order chi connectivity index (χ1) is 10.7. The van der Waals surface area contributed by atoms with Crippen LogP contribution in [0.1, 0.15) is 33.6 Å². The normalized spacial score (nSPS) is 25.6. The molecule has 0 aromatic heterocycles. The van der Waals surface area contributed by atoms with Crippen LogP contribution in [0.25, 0.3) is 0 Å². The van der Waals surface area contributed by atoms with Gasteiger partial charge < -0.3 is 9.47 Å². The van der Waals surface area contributed by atoms with Crippen LogP contribution in [0.5, 0.6) is 0 Å². The molecule has 0 radical (unpaired) electrons. The van der Waals surface area contributed by atoms with Crippen LogP contribution >= 0.6 is 0 Å². The van der Waals surface area contributed by atoms with Gasteiger partial charge >= 0.3 is 11.9 Å². The van der Waals surface area contributed by atoms with Crippen molar-refractivity contribution in [2.45, 2.75) is 33.6 Å². The van der Waals surface area contributed by atoms with Crippen LogP contribution in [0.2, 0.25) is 0 Å². The second-order valence-electron chi connectivity index (χ2n) is 6.77. The molecule has 23 heavy (non-hydrogen) atoms. The number of Topliss-reactive ketones (excluding diaryl/α,β-unsaturated/α-hetero) is 1. The summed E-state index contributed by atoms with van der Waals surface area (Å²) in [6.07, 6.45) is 0.428. The van der Waals surface area contributed by atoms with Crippen molar-refractivity contribution in [1.82, 2.24) is 0 Å². The Morgan fingerprint density at radius 3 is 2.17 bits per heavy atom. The Hall–Kier alpha value is -1.91. The third kappa shape index (κ3) is 2.42. The average Bonchev–Trinajstić information content (AvgIpc) is 3.02. The Morgan fingerprint density at radius 1 is 1.22 bits per heavy atom. The van der Waals surface area contributed by atoms with Crippen LogP contribution in [0.4, 0.5) is 0 Å². The highest BCUT2D eigenvalue weighted by Crippen LogP contribution is 2.56. The van der Waals surface area contributed by atoms with E-state index in [1.165, 1.54) is 14.2 Å². The number of rotatable bonds is 4. The van der Waals surface area contributed by atoms with Gasteiger partial charge in [-0.25, -0.2) is 0 Å². The lowest BCUT2D eigenvalue weighted by Gasteiger charge is -2.26. The molecule has 126 valence electrons. The van der Waals surface area contributed by atoms with Gasteiger partial charge in [-0.2, -0.15) is 0 Å². The predicted octanol–water partition coefficient (Wildman–Crippen LogP) is 2.46. The van der Waals surface area contributed by atoms with Crippen molar-refractivity contribution >= 4 is 17.7 Å². The summed E-state index contributed by atoms with van der Waals surface area (Å²) in [6.45, 7) is 9.83. The van der Waals surface area contributed by atoms with Gasteiger partial charge in [0.05, 0.1) is 14.2 Å². The number of ketones is 1. The van der Waals surface area contributed by atoms with Gasteiger partial charge in [0.15, 0.2) is 11.2 Å². The largest absolute Gasteiger partial charge is 0.468 e. The fourth-order valence-electron chi connectivity index (χ4n) is 3.90. The van der Waals surface area contributed by atoms with Crippen LogP contribution < -0.4 is 0 Å². The summed E-state index contributed by atoms with van der Waals surface area (Å²) in [6, 6.07) is 0. The van der Waals surface area contributed by atoms with Crippen molar-refractivity contribution in [1.29, 1.82) is 0 Å². The van der Waals surface area contributed by atoms with E-state index in [9.17, 15) is 14.4 Å². The molecule has 2 unspecified atom stereocenters. The number of carbonyl (C=O) groups is 3. The van der Waals surface area contributed by atoms with E-state index in [1.807, 2.05) is 13.8 Å². The zero-order valence-corrected chi connectivity index (χ0v) is 14.4. The molecule has 0 aromatic rings. The first kappa shape index (κ1) is 17.4. The van der Waals surface area contributed by atoms with Gasteiger partial charge in [-0.1, -0.05) is 31.6 Å². The molecule has 2 rings (SSSR count). The standard InChI is InChI=1S/C18H24O5/c1-9(2)10(3)14-13-8-18(16(20)22-5,17(21)23-6)7-12(13)11(4)15(14)19/h9,13-14H,3,7-8H2,1-2,4-6H3. The molecular formula is C18H24O5. The SMILES string of the molecule is C=C(C(C)C)C1C(=O)C(C)=C2CC(C(=O)OC)(C(=O)OC)CC21. The number of fused-ring (bicyclic) bond motifs is 1. The van der Waals surface area contributed by atoms with E-state index in [0.29, 0.717) is 5.57 Å². The van der Waals surface area contributed by atoms with Gasteiger partial charge in [0.2, 0.25) is 0 Å². The number of allylic oxidation sites excluding steroid dienone is 3. The highest BCUT2D eigenvalue weighted by atomic mass is 16.5. The van der Waals surface area contributed by atoms with Gasteiger partial charge in [0, 0.05) is 5.92 Å². The number of esters is 2. The van der Waals surface area contributed by atoms with E-state index < -0.39 is 17.4 Å².